The summed E-state index contributed by atoms with van der Waals surface area (Å²) in [6, 6.07) is 18.2. The van der Waals surface area contributed by atoms with Gasteiger partial charge in [0.05, 0.1) is 6.04 Å². The summed E-state index contributed by atoms with van der Waals surface area (Å²) in [4.78, 5) is 28.9. The highest BCUT2D eigenvalue weighted by Gasteiger charge is 2.30. The first-order valence-corrected chi connectivity index (χ1v) is 9.45. The Hall–Kier alpha value is -2.62. The average molecular weight is 348 g/mol. The lowest BCUT2D eigenvalue weighted by molar-refractivity contribution is -0.128. The van der Waals surface area contributed by atoms with E-state index in [0.29, 0.717) is 13.0 Å². The van der Waals surface area contributed by atoms with Crippen molar-refractivity contribution in [2.24, 2.45) is 0 Å². The van der Waals surface area contributed by atoms with Crippen LogP contribution in [0.5, 0.6) is 0 Å². The Labute approximate surface area is 154 Å². The van der Waals surface area contributed by atoms with Gasteiger partial charge >= 0.3 is 0 Å². The fourth-order valence-electron chi connectivity index (χ4n) is 4.09. The molecule has 2 fully saturated rings. The molecule has 2 aliphatic rings. The molecule has 2 aromatic carbocycles. The molecule has 134 valence electrons. The lowest BCUT2D eigenvalue weighted by Crippen LogP contribution is -2.30. The van der Waals surface area contributed by atoms with Crippen molar-refractivity contribution in [3.05, 3.63) is 71.3 Å². The Morgan fingerprint density at radius 1 is 1.00 bits per heavy atom. The fourth-order valence-corrected chi connectivity index (χ4v) is 4.09. The first-order valence-electron chi connectivity index (χ1n) is 9.45. The number of hydrogen-bond acceptors (Lipinski definition) is 2. The zero-order valence-electron chi connectivity index (χ0n) is 14.9. The van der Waals surface area contributed by atoms with E-state index in [-0.39, 0.29) is 17.9 Å². The molecule has 0 saturated carbocycles. The third-order valence-electron chi connectivity index (χ3n) is 5.42. The molecule has 0 spiro atoms. The van der Waals surface area contributed by atoms with E-state index in [1.807, 2.05) is 52.3 Å². The second-order valence-corrected chi connectivity index (χ2v) is 7.19. The summed E-state index contributed by atoms with van der Waals surface area (Å²) < 4.78 is 0. The Bertz CT molecular complexity index is 803. The van der Waals surface area contributed by atoms with Crippen molar-refractivity contribution >= 4 is 11.8 Å². The quantitative estimate of drug-likeness (QED) is 0.843. The molecule has 0 bridgehead atoms. The minimum Gasteiger partial charge on any atom is -0.338 e. The maximum Gasteiger partial charge on any atom is 0.254 e. The maximum absolute atomic E-state index is 13.1. The molecule has 2 amide bonds. The minimum atomic E-state index is 0.0888. The molecule has 0 aliphatic carbocycles. The number of carbonyl (C=O) groups is 2. The molecular formula is C22H24N2O2. The molecule has 4 heteroatoms. The summed E-state index contributed by atoms with van der Waals surface area (Å²) in [6.07, 6.45) is 3.63. The summed E-state index contributed by atoms with van der Waals surface area (Å²) in [7, 11) is 0. The third-order valence-corrected chi connectivity index (χ3v) is 5.42. The molecule has 2 aliphatic heterocycles. The van der Waals surface area contributed by atoms with Gasteiger partial charge in [-0.05, 0) is 42.5 Å². The van der Waals surface area contributed by atoms with Crippen LogP contribution in [0.4, 0.5) is 0 Å². The summed E-state index contributed by atoms with van der Waals surface area (Å²) in [6.45, 7) is 2.22. The van der Waals surface area contributed by atoms with Crippen molar-refractivity contribution < 1.29 is 9.59 Å². The minimum absolute atomic E-state index is 0.0888. The maximum atomic E-state index is 13.1. The standard InChI is InChI=1S/C22H24N2O2/c25-21-12-6-13-23(21)16-17-7-4-10-19(15-17)22(26)24-14-5-11-20(24)18-8-2-1-3-9-18/h1-4,7-10,15,20H,5-6,11-14,16H2. The van der Waals surface area contributed by atoms with Crippen LogP contribution in [-0.4, -0.2) is 34.7 Å². The van der Waals surface area contributed by atoms with Crippen LogP contribution in [0.15, 0.2) is 54.6 Å². The van der Waals surface area contributed by atoms with E-state index in [4.69, 9.17) is 0 Å². The number of hydrogen-bond donors (Lipinski definition) is 0. The first-order chi connectivity index (χ1) is 12.7. The molecule has 2 aromatic rings. The van der Waals surface area contributed by atoms with Gasteiger partial charge in [-0.2, -0.15) is 0 Å². The van der Waals surface area contributed by atoms with Gasteiger partial charge in [0.1, 0.15) is 0 Å². The van der Waals surface area contributed by atoms with Crippen LogP contribution in [0.2, 0.25) is 0 Å². The monoisotopic (exact) mass is 348 g/mol. The number of amides is 2. The molecule has 4 rings (SSSR count). The van der Waals surface area contributed by atoms with Gasteiger partial charge in [-0.1, -0.05) is 42.5 Å². The Balaban J connectivity index is 1.52. The Kier molecular flexibility index (Phi) is 4.74. The van der Waals surface area contributed by atoms with Gasteiger partial charge in [-0.15, -0.1) is 0 Å². The van der Waals surface area contributed by atoms with E-state index in [0.717, 1.165) is 43.5 Å². The Morgan fingerprint density at radius 2 is 1.85 bits per heavy atom. The van der Waals surface area contributed by atoms with Crippen LogP contribution in [0, 0.1) is 0 Å². The summed E-state index contributed by atoms with van der Waals surface area (Å²) in [5, 5.41) is 0. The summed E-state index contributed by atoms with van der Waals surface area (Å²) in [5.74, 6) is 0.302. The highest BCUT2D eigenvalue weighted by atomic mass is 16.2. The van der Waals surface area contributed by atoms with E-state index in [9.17, 15) is 9.59 Å². The third kappa shape index (κ3) is 3.36. The van der Waals surface area contributed by atoms with Gasteiger partial charge in [-0.25, -0.2) is 0 Å². The number of benzene rings is 2. The summed E-state index contributed by atoms with van der Waals surface area (Å²) >= 11 is 0. The predicted octanol–water partition coefficient (Wildman–Crippen LogP) is 3.79. The zero-order valence-corrected chi connectivity index (χ0v) is 14.9. The Morgan fingerprint density at radius 3 is 2.62 bits per heavy atom. The normalized spacial score (nSPS) is 20.0. The molecule has 26 heavy (non-hydrogen) atoms. The number of nitrogens with zero attached hydrogens (tertiary/aromatic N) is 2. The van der Waals surface area contributed by atoms with Crippen molar-refractivity contribution in [3.63, 3.8) is 0 Å². The van der Waals surface area contributed by atoms with Gasteiger partial charge in [0.25, 0.3) is 5.91 Å². The molecule has 0 N–H and O–H groups in total. The molecular weight excluding hydrogens is 324 g/mol. The van der Waals surface area contributed by atoms with Gasteiger partial charge in [0.15, 0.2) is 0 Å². The van der Waals surface area contributed by atoms with E-state index < -0.39 is 0 Å². The lowest BCUT2D eigenvalue weighted by atomic mass is 10.0. The number of carbonyl (C=O) groups excluding carboxylic acids is 2. The SMILES string of the molecule is O=C1CCCN1Cc1cccc(C(=O)N2CCCC2c2ccccc2)c1. The van der Waals surface area contributed by atoms with E-state index >= 15 is 0 Å². The van der Waals surface area contributed by atoms with Crippen LogP contribution in [0.1, 0.15) is 53.2 Å². The molecule has 0 aromatic heterocycles. The van der Waals surface area contributed by atoms with Gasteiger partial charge in [0, 0.05) is 31.6 Å². The van der Waals surface area contributed by atoms with Crippen molar-refractivity contribution in [1.82, 2.24) is 9.80 Å². The molecule has 0 radical (unpaired) electrons. The topological polar surface area (TPSA) is 40.6 Å². The molecule has 2 heterocycles. The highest BCUT2D eigenvalue weighted by Crippen LogP contribution is 2.33. The van der Waals surface area contributed by atoms with Crippen molar-refractivity contribution in [2.75, 3.05) is 13.1 Å². The highest BCUT2D eigenvalue weighted by molar-refractivity contribution is 5.95. The molecule has 1 atom stereocenters. The number of likely N-dealkylation sites (tertiary alicyclic amines) is 2. The van der Waals surface area contributed by atoms with Crippen LogP contribution in [0.3, 0.4) is 0 Å². The first kappa shape index (κ1) is 16.8. The van der Waals surface area contributed by atoms with Crippen LogP contribution >= 0.6 is 0 Å². The fraction of sp³-hybridized carbons (Fsp3) is 0.364. The smallest absolute Gasteiger partial charge is 0.254 e. The number of rotatable bonds is 4. The van der Waals surface area contributed by atoms with Crippen LogP contribution in [-0.2, 0) is 11.3 Å². The van der Waals surface area contributed by atoms with Gasteiger partial charge < -0.3 is 9.80 Å². The predicted molar refractivity (Wildman–Crippen MR) is 101 cm³/mol. The largest absolute Gasteiger partial charge is 0.338 e. The zero-order chi connectivity index (χ0) is 17.9. The van der Waals surface area contributed by atoms with Gasteiger partial charge in [0.2, 0.25) is 5.91 Å². The van der Waals surface area contributed by atoms with Crippen LogP contribution in [0.25, 0.3) is 0 Å². The van der Waals surface area contributed by atoms with Crippen LogP contribution < -0.4 is 0 Å². The van der Waals surface area contributed by atoms with E-state index in [1.165, 1.54) is 5.56 Å². The van der Waals surface area contributed by atoms with E-state index in [1.54, 1.807) is 0 Å². The van der Waals surface area contributed by atoms with Gasteiger partial charge in [-0.3, -0.25) is 9.59 Å². The average Bonchev–Trinajstić information content (AvgIpc) is 3.32. The molecule has 1 unspecified atom stereocenters. The van der Waals surface area contributed by atoms with Crippen molar-refractivity contribution in [2.45, 2.75) is 38.3 Å². The lowest BCUT2D eigenvalue weighted by Gasteiger charge is -2.25. The second kappa shape index (κ2) is 7.32. The van der Waals surface area contributed by atoms with Crippen molar-refractivity contribution in [3.8, 4) is 0 Å². The second-order valence-electron chi connectivity index (χ2n) is 7.19. The van der Waals surface area contributed by atoms with Crippen molar-refractivity contribution in [1.29, 1.82) is 0 Å². The van der Waals surface area contributed by atoms with E-state index in [2.05, 4.69) is 12.1 Å². The summed E-state index contributed by atoms with van der Waals surface area (Å²) in [5.41, 5.74) is 2.95. The molecule has 4 nitrogen and oxygen atoms in total. The molecule has 2 saturated heterocycles.